The topological polar surface area (TPSA) is 64.7 Å². The van der Waals surface area contributed by atoms with Crippen molar-refractivity contribution in [1.82, 2.24) is 20.4 Å². The van der Waals surface area contributed by atoms with Gasteiger partial charge in [0.05, 0.1) is 6.54 Å². The fourth-order valence-corrected chi connectivity index (χ4v) is 2.85. The van der Waals surface area contributed by atoms with E-state index in [9.17, 15) is 14.0 Å². The normalized spacial score (nSPS) is 16.8. The van der Waals surface area contributed by atoms with Gasteiger partial charge in [-0.3, -0.25) is 19.4 Å². The Morgan fingerprint density at radius 2 is 2.25 bits per heavy atom. The highest BCUT2D eigenvalue weighted by Gasteiger charge is 2.23. The first-order chi connectivity index (χ1) is 11.5. The summed E-state index contributed by atoms with van der Waals surface area (Å²) in [6, 6.07) is 5.58. The van der Waals surface area contributed by atoms with Crippen LogP contribution in [0.4, 0.5) is 4.39 Å². The van der Waals surface area contributed by atoms with E-state index in [0.717, 1.165) is 19.5 Å². The molecule has 1 unspecified atom stereocenters. The first kappa shape index (κ1) is 18.4. The molecule has 132 valence electrons. The van der Waals surface area contributed by atoms with Crippen molar-refractivity contribution in [2.75, 3.05) is 46.8 Å². The van der Waals surface area contributed by atoms with E-state index in [4.69, 9.17) is 0 Å². The van der Waals surface area contributed by atoms with Crippen LogP contribution in [0.5, 0.6) is 0 Å². The summed E-state index contributed by atoms with van der Waals surface area (Å²) in [7, 11) is 3.59. The van der Waals surface area contributed by atoms with E-state index in [0.29, 0.717) is 25.2 Å². The Hall–Kier alpha value is -1.99. The molecule has 2 rings (SSSR count). The van der Waals surface area contributed by atoms with Crippen molar-refractivity contribution in [2.24, 2.45) is 0 Å². The third-order valence-electron chi connectivity index (χ3n) is 4.00. The Morgan fingerprint density at radius 1 is 1.46 bits per heavy atom. The molecular weight excluding hydrogens is 311 g/mol. The van der Waals surface area contributed by atoms with Crippen LogP contribution in [0.2, 0.25) is 0 Å². The lowest BCUT2D eigenvalue weighted by atomic mass is 10.1. The third kappa shape index (κ3) is 5.28. The molecule has 0 aromatic heterocycles. The van der Waals surface area contributed by atoms with Crippen LogP contribution in [0.15, 0.2) is 24.3 Å². The van der Waals surface area contributed by atoms with Crippen molar-refractivity contribution in [3.05, 3.63) is 35.6 Å². The molecule has 1 heterocycles. The highest BCUT2D eigenvalue weighted by atomic mass is 19.1. The first-order valence-electron chi connectivity index (χ1n) is 8.16. The second-order valence-corrected chi connectivity index (χ2v) is 6.19. The third-order valence-corrected chi connectivity index (χ3v) is 4.00. The number of likely N-dealkylation sites (N-methyl/N-ethyl adjacent to an activating group) is 1. The average Bonchev–Trinajstić information content (AvgIpc) is 2.51. The van der Waals surface area contributed by atoms with Gasteiger partial charge in [-0.05, 0) is 38.2 Å². The largest absolute Gasteiger partial charge is 0.354 e. The zero-order valence-corrected chi connectivity index (χ0v) is 14.2. The summed E-state index contributed by atoms with van der Waals surface area (Å²) in [6.07, 6.45) is 0.766. The quantitative estimate of drug-likeness (QED) is 0.706. The van der Waals surface area contributed by atoms with Crippen molar-refractivity contribution in [1.29, 1.82) is 0 Å². The van der Waals surface area contributed by atoms with Gasteiger partial charge in [0, 0.05) is 26.2 Å². The van der Waals surface area contributed by atoms with Gasteiger partial charge in [-0.2, -0.15) is 0 Å². The molecule has 0 saturated carbocycles. The van der Waals surface area contributed by atoms with Crippen LogP contribution in [-0.2, 0) is 9.59 Å². The zero-order valence-electron chi connectivity index (χ0n) is 14.2. The molecule has 7 heteroatoms. The standard InChI is InChI=1S/C17H25FN4O2/c1-21(2)16(13-5-3-6-14(18)11-13)17(24)20-7-4-9-22-10-8-19-15(23)12-22/h3,5-6,11,16H,4,7-10,12H2,1-2H3,(H,19,23)(H,20,24). The van der Waals surface area contributed by atoms with E-state index in [2.05, 4.69) is 15.5 Å². The summed E-state index contributed by atoms with van der Waals surface area (Å²) >= 11 is 0. The Kier molecular flexibility index (Phi) is 6.69. The molecule has 0 spiro atoms. The lowest BCUT2D eigenvalue weighted by Crippen LogP contribution is -2.48. The van der Waals surface area contributed by atoms with Crippen molar-refractivity contribution in [3.8, 4) is 0 Å². The number of hydrogen-bond acceptors (Lipinski definition) is 4. The lowest BCUT2D eigenvalue weighted by molar-refractivity contribution is -0.126. The maximum absolute atomic E-state index is 13.4. The molecule has 1 aliphatic rings. The van der Waals surface area contributed by atoms with Gasteiger partial charge in [-0.25, -0.2) is 4.39 Å². The van der Waals surface area contributed by atoms with E-state index in [1.807, 2.05) is 0 Å². The number of carbonyl (C=O) groups is 2. The summed E-state index contributed by atoms with van der Waals surface area (Å²) in [5.74, 6) is -0.457. The lowest BCUT2D eigenvalue weighted by Gasteiger charge is -2.27. The van der Waals surface area contributed by atoms with Gasteiger partial charge < -0.3 is 10.6 Å². The number of rotatable bonds is 7. The zero-order chi connectivity index (χ0) is 17.5. The second-order valence-electron chi connectivity index (χ2n) is 6.19. The minimum Gasteiger partial charge on any atom is -0.354 e. The van der Waals surface area contributed by atoms with Gasteiger partial charge in [0.15, 0.2) is 0 Å². The van der Waals surface area contributed by atoms with Crippen molar-refractivity contribution >= 4 is 11.8 Å². The smallest absolute Gasteiger partial charge is 0.241 e. The van der Waals surface area contributed by atoms with Crippen LogP contribution in [-0.4, -0.2) is 68.4 Å². The molecule has 1 fully saturated rings. The van der Waals surface area contributed by atoms with E-state index in [1.54, 1.807) is 31.1 Å². The monoisotopic (exact) mass is 336 g/mol. The predicted molar refractivity (Wildman–Crippen MR) is 89.9 cm³/mol. The number of nitrogens with one attached hydrogen (secondary N) is 2. The molecule has 1 aromatic rings. The number of benzene rings is 1. The van der Waals surface area contributed by atoms with Gasteiger partial charge in [-0.1, -0.05) is 12.1 Å². The van der Waals surface area contributed by atoms with Crippen LogP contribution in [0, 0.1) is 5.82 Å². The number of carbonyl (C=O) groups excluding carboxylic acids is 2. The van der Waals surface area contributed by atoms with Gasteiger partial charge in [-0.15, -0.1) is 0 Å². The van der Waals surface area contributed by atoms with E-state index in [-0.39, 0.29) is 17.6 Å². The van der Waals surface area contributed by atoms with Gasteiger partial charge in [0.2, 0.25) is 11.8 Å². The van der Waals surface area contributed by atoms with Crippen molar-refractivity contribution in [2.45, 2.75) is 12.5 Å². The van der Waals surface area contributed by atoms with Gasteiger partial charge >= 0.3 is 0 Å². The van der Waals surface area contributed by atoms with Crippen LogP contribution >= 0.6 is 0 Å². The fourth-order valence-electron chi connectivity index (χ4n) is 2.85. The minimum absolute atomic E-state index is 0.0454. The number of halogens is 1. The maximum atomic E-state index is 13.4. The Morgan fingerprint density at radius 3 is 2.92 bits per heavy atom. The number of amides is 2. The molecule has 2 N–H and O–H groups in total. The van der Waals surface area contributed by atoms with Crippen LogP contribution in [0.25, 0.3) is 0 Å². The molecule has 1 aromatic carbocycles. The fraction of sp³-hybridized carbons (Fsp3) is 0.529. The van der Waals surface area contributed by atoms with Crippen LogP contribution in [0.3, 0.4) is 0 Å². The molecule has 1 atom stereocenters. The van der Waals surface area contributed by atoms with Crippen LogP contribution in [0.1, 0.15) is 18.0 Å². The van der Waals surface area contributed by atoms with Crippen LogP contribution < -0.4 is 10.6 Å². The number of piperazine rings is 1. The summed E-state index contributed by atoms with van der Waals surface area (Å²) in [5, 5.41) is 5.69. The number of nitrogens with zero attached hydrogens (tertiary/aromatic N) is 2. The second kappa shape index (κ2) is 8.75. The van der Waals surface area contributed by atoms with Gasteiger partial charge in [0.1, 0.15) is 11.9 Å². The summed E-state index contributed by atoms with van der Waals surface area (Å²) in [6.45, 7) is 3.21. The molecule has 2 amide bonds. The molecule has 1 aliphatic heterocycles. The van der Waals surface area contributed by atoms with Crippen molar-refractivity contribution in [3.63, 3.8) is 0 Å². The average molecular weight is 336 g/mol. The molecule has 6 nitrogen and oxygen atoms in total. The van der Waals surface area contributed by atoms with E-state index in [1.165, 1.54) is 12.1 Å². The van der Waals surface area contributed by atoms with Crippen molar-refractivity contribution < 1.29 is 14.0 Å². The van der Waals surface area contributed by atoms with Gasteiger partial charge in [0.25, 0.3) is 0 Å². The first-order valence-corrected chi connectivity index (χ1v) is 8.16. The molecule has 1 saturated heterocycles. The highest BCUT2D eigenvalue weighted by molar-refractivity contribution is 5.83. The Bertz CT molecular complexity index is 579. The molecule has 0 radical (unpaired) electrons. The van der Waals surface area contributed by atoms with E-state index >= 15 is 0 Å². The predicted octanol–water partition coefficient (Wildman–Crippen LogP) is 0.367. The maximum Gasteiger partial charge on any atom is 0.241 e. The Balaban J connectivity index is 1.82. The minimum atomic E-state index is -0.526. The van der Waals surface area contributed by atoms with E-state index < -0.39 is 6.04 Å². The molecule has 0 bridgehead atoms. The SMILES string of the molecule is CN(C)C(C(=O)NCCCN1CCNC(=O)C1)c1cccc(F)c1. The molecular formula is C17H25FN4O2. The summed E-state index contributed by atoms with van der Waals surface area (Å²) < 4.78 is 13.4. The summed E-state index contributed by atoms with van der Waals surface area (Å²) in [5.41, 5.74) is 0.630. The molecule has 24 heavy (non-hydrogen) atoms. The Labute approximate surface area is 142 Å². The summed E-state index contributed by atoms with van der Waals surface area (Å²) in [4.78, 5) is 27.6. The molecule has 0 aliphatic carbocycles. The number of hydrogen-bond donors (Lipinski definition) is 2. The highest BCUT2D eigenvalue weighted by Crippen LogP contribution is 2.19.